The van der Waals surface area contributed by atoms with E-state index in [4.69, 9.17) is 9.47 Å². The standard InChI is InChI=1S/C20H18BrNO3/c1-13-3-8-19(18(21)9-13)22-20(23)12-25-17-7-5-14-4-6-16(24-2)10-15(14)11-17/h3-11H,12H2,1-2H3,(H,22,23). The zero-order valence-corrected chi connectivity index (χ0v) is 15.6. The molecule has 3 aromatic carbocycles. The summed E-state index contributed by atoms with van der Waals surface area (Å²) >= 11 is 3.44. The summed E-state index contributed by atoms with van der Waals surface area (Å²) in [6, 6.07) is 17.3. The number of rotatable bonds is 5. The number of aryl methyl sites for hydroxylation is 1. The Morgan fingerprint density at radius 1 is 1.00 bits per heavy atom. The van der Waals surface area contributed by atoms with Crippen molar-refractivity contribution >= 4 is 38.3 Å². The first-order chi connectivity index (χ1) is 12.0. The number of carbonyl (C=O) groups excluding carboxylic acids is 1. The number of hydrogen-bond donors (Lipinski definition) is 1. The molecule has 0 spiro atoms. The number of carbonyl (C=O) groups is 1. The molecule has 0 radical (unpaired) electrons. The number of fused-ring (bicyclic) bond motifs is 1. The molecule has 0 unspecified atom stereocenters. The monoisotopic (exact) mass is 399 g/mol. The summed E-state index contributed by atoms with van der Waals surface area (Å²) in [6.07, 6.45) is 0. The van der Waals surface area contributed by atoms with Crippen molar-refractivity contribution in [2.45, 2.75) is 6.92 Å². The predicted octanol–water partition coefficient (Wildman–Crippen LogP) is 4.94. The largest absolute Gasteiger partial charge is 0.497 e. The van der Waals surface area contributed by atoms with Crippen LogP contribution in [0.4, 0.5) is 5.69 Å². The van der Waals surface area contributed by atoms with E-state index in [1.54, 1.807) is 7.11 Å². The maximum absolute atomic E-state index is 12.1. The highest BCUT2D eigenvalue weighted by Crippen LogP contribution is 2.25. The minimum atomic E-state index is -0.213. The Labute approximate surface area is 154 Å². The molecule has 0 saturated carbocycles. The van der Waals surface area contributed by atoms with Crippen LogP contribution in [-0.4, -0.2) is 19.6 Å². The Kier molecular flexibility index (Phi) is 5.24. The van der Waals surface area contributed by atoms with Crippen LogP contribution in [0.3, 0.4) is 0 Å². The van der Waals surface area contributed by atoms with Crippen molar-refractivity contribution in [3.05, 3.63) is 64.6 Å². The van der Waals surface area contributed by atoms with E-state index in [0.717, 1.165) is 32.2 Å². The fourth-order valence-corrected chi connectivity index (χ4v) is 3.07. The van der Waals surface area contributed by atoms with Crippen molar-refractivity contribution in [3.63, 3.8) is 0 Å². The highest BCUT2D eigenvalue weighted by atomic mass is 79.9. The van der Waals surface area contributed by atoms with Crippen LogP contribution < -0.4 is 14.8 Å². The molecule has 1 N–H and O–H groups in total. The first-order valence-electron chi connectivity index (χ1n) is 7.82. The Hall–Kier alpha value is -2.53. The number of methoxy groups -OCH3 is 1. The van der Waals surface area contributed by atoms with Gasteiger partial charge in [0.25, 0.3) is 5.91 Å². The molecule has 25 heavy (non-hydrogen) atoms. The topological polar surface area (TPSA) is 47.6 Å². The summed E-state index contributed by atoms with van der Waals surface area (Å²) in [4.78, 5) is 12.1. The molecule has 1 amide bonds. The van der Waals surface area contributed by atoms with E-state index in [9.17, 15) is 4.79 Å². The number of anilines is 1. The number of benzene rings is 3. The van der Waals surface area contributed by atoms with Gasteiger partial charge in [-0.05, 0) is 75.6 Å². The Morgan fingerprint density at radius 2 is 1.72 bits per heavy atom. The van der Waals surface area contributed by atoms with Crippen LogP contribution >= 0.6 is 15.9 Å². The summed E-state index contributed by atoms with van der Waals surface area (Å²) in [5, 5.41) is 4.92. The van der Waals surface area contributed by atoms with Gasteiger partial charge in [0, 0.05) is 4.47 Å². The molecule has 5 heteroatoms. The first kappa shape index (κ1) is 17.3. The molecule has 128 valence electrons. The number of hydrogen-bond acceptors (Lipinski definition) is 3. The van der Waals surface area contributed by atoms with E-state index in [2.05, 4.69) is 21.2 Å². The molecular formula is C20H18BrNO3. The second kappa shape index (κ2) is 7.57. The van der Waals surface area contributed by atoms with Gasteiger partial charge in [0.2, 0.25) is 0 Å². The smallest absolute Gasteiger partial charge is 0.262 e. The van der Waals surface area contributed by atoms with E-state index in [1.165, 1.54) is 0 Å². The average molecular weight is 400 g/mol. The highest BCUT2D eigenvalue weighted by Gasteiger charge is 2.07. The molecule has 3 aromatic rings. The summed E-state index contributed by atoms with van der Waals surface area (Å²) < 4.78 is 11.7. The van der Waals surface area contributed by atoms with Gasteiger partial charge in [-0.3, -0.25) is 4.79 Å². The van der Waals surface area contributed by atoms with Gasteiger partial charge in [0.05, 0.1) is 12.8 Å². The lowest BCUT2D eigenvalue weighted by molar-refractivity contribution is -0.118. The SMILES string of the molecule is COc1ccc2ccc(OCC(=O)Nc3ccc(C)cc3Br)cc2c1. The van der Waals surface area contributed by atoms with Crippen LogP contribution in [-0.2, 0) is 4.79 Å². The van der Waals surface area contributed by atoms with Crippen molar-refractivity contribution in [1.82, 2.24) is 0 Å². The third-order valence-corrected chi connectivity index (χ3v) is 4.44. The van der Waals surface area contributed by atoms with Gasteiger partial charge in [-0.25, -0.2) is 0 Å². The Morgan fingerprint density at radius 3 is 2.44 bits per heavy atom. The first-order valence-corrected chi connectivity index (χ1v) is 8.61. The van der Waals surface area contributed by atoms with Gasteiger partial charge in [-0.1, -0.05) is 18.2 Å². The minimum Gasteiger partial charge on any atom is -0.497 e. The van der Waals surface area contributed by atoms with Crippen molar-refractivity contribution in [1.29, 1.82) is 0 Å². The summed E-state index contributed by atoms with van der Waals surface area (Å²) in [7, 11) is 1.63. The van der Waals surface area contributed by atoms with Crippen LogP contribution in [0, 0.1) is 6.92 Å². The highest BCUT2D eigenvalue weighted by molar-refractivity contribution is 9.10. The molecule has 0 aliphatic rings. The van der Waals surface area contributed by atoms with Crippen LogP contribution in [0.1, 0.15) is 5.56 Å². The normalized spacial score (nSPS) is 10.5. The number of amides is 1. The number of ether oxygens (including phenoxy) is 2. The molecule has 0 heterocycles. The maximum Gasteiger partial charge on any atom is 0.262 e. The lowest BCUT2D eigenvalue weighted by atomic mass is 10.1. The van der Waals surface area contributed by atoms with Crippen LogP contribution in [0.2, 0.25) is 0 Å². The van der Waals surface area contributed by atoms with Crippen LogP contribution in [0.15, 0.2) is 59.1 Å². The quantitative estimate of drug-likeness (QED) is 0.660. The lowest BCUT2D eigenvalue weighted by Crippen LogP contribution is -2.20. The van der Waals surface area contributed by atoms with Gasteiger partial charge in [0.15, 0.2) is 6.61 Å². The third-order valence-electron chi connectivity index (χ3n) is 3.79. The summed E-state index contributed by atoms with van der Waals surface area (Å²) in [5.41, 5.74) is 1.84. The maximum atomic E-state index is 12.1. The van der Waals surface area contributed by atoms with Gasteiger partial charge >= 0.3 is 0 Å². The minimum absolute atomic E-state index is 0.0597. The van der Waals surface area contributed by atoms with Gasteiger partial charge in [-0.15, -0.1) is 0 Å². The zero-order chi connectivity index (χ0) is 17.8. The number of nitrogens with one attached hydrogen (secondary N) is 1. The molecule has 0 fully saturated rings. The van der Waals surface area contributed by atoms with Crippen LogP contribution in [0.5, 0.6) is 11.5 Å². The predicted molar refractivity (Wildman–Crippen MR) is 104 cm³/mol. The van der Waals surface area contributed by atoms with E-state index in [-0.39, 0.29) is 12.5 Å². The summed E-state index contributed by atoms with van der Waals surface area (Å²) in [6.45, 7) is 1.93. The van der Waals surface area contributed by atoms with Crippen molar-refractivity contribution < 1.29 is 14.3 Å². The average Bonchev–Trinajstić information content (AvgIpc) is 2.61. The molecule has 4 nitrogen and oxygen atoms in total. The fraction of sp³-hybridized carbons (Fsp3) is 0.150. The molecule has 3 rings (SSSR count). The lowest BCUT2D eigenvalue weighted by Gasteiger charge is -2.10. The second-order valence-corrected chi connectivity index (χ2v) is 6.55. The Balaban J connectivity index is 1.66. The van der Waals surface area contributed by atoms with Crippen molar-refractivity contribution in [2.24, 2.45) is 0 Å². The molecule has 0 aromatic heterocycles. The molecule has 0 aliphatic heterocycles. The summed E-state index contributed by atoms with van der Waals surface area (Å²) in [5.74, 6) is 1.21. The zero-order valence-electron chi connectivity index (χ0n) is 14.0. The van der Waals surface area contributed by atoms with Crippen LogP contribution in [0.25, 0.3) is 10.8 Å². The molecule has 0 bridgehead atoms. The third kappa shape index (κ3) is 4.31. The van der Waals surface area contributed by atoms with Gasteiger partial charge in [0.1, 0.15) is 11.5 Å². The number of halogens is 1. The second-order valence-electron chi connectivity index (χ2n) is 5.70. The van der Waals surface area contributed by atoms with E-state index >= 15 is 0 Å². The molecule has 0 atom stereocenters. The van der Waals surface area contributed by atoms with E-state index in [1.807, 2.05) is 61.5 Å². The van der Waals surface area contributed by atoms with E-state index in [0.29, 0.717) is 5.75 Å². The molecule has 0 aliphatic carbocycles. The van der Waals surface area contributed by atoms with Gasteiger partial charge in [-0.2, -0.15) is 0 Å². The van der Waals surface area contributed by atoms with Crippen molar-refractivity contribution in [3.8, 4) is 11.5 Å². The Bertz CT molecular complexity index is 924. The van der Waals surface area contributed by atoms with E-state index < -0.39 is 0 Å². The fourth-order valence-electron chi connectivity index (χ4n) is 2.48. The molecule has 0 saturated heterocycles. The van der Waals surface area contributed by atoms with Crippen molar-refractivity contribution in [2.75, 3.05) is 19.0 Å². The van der Waals surface area contributed by atoms with Gasteiger partial charge < -0.3 is 14.8 Å². The molecular weight excluding hydrogens is 382 g/mol.